The van der Waals surface area contributed by atoms with E-state index in [2.05, 4.69) is 61.8 Å². The van der Waals surface area contributed by atoms with Crippen molar-refractivity contribution in [3.63, 3.8) is 0 Å². The maximum Gasteiger partial charge on any atom is 0.127 e. The first kappa shape index (κ1) is 21.4. The van der Waals surface area contributed by atoms with E-state index in [1.165, 1.54) is 11.6 Å². The van der Waals surface area contributed by atoms with Crippen molar-refractivity contribution in [1.29, 1.82) is 0 Å². The monoisotopic (exact) mass is 394 g/mol. The molecule has 0 N–H and O–H groups in total. The minimum Gasteiger partial charge on any atom is -0.207 e. The zero-order valence-corrected chi connectivity index (χ0v) is 17.8. The molecule has 0 heterocycles. The second-order valence-corrected chi connectivity index (χ2v) is 7.43. The summed E-state index contributed by atoms with van der Waals surface area (Å²) >= 11 is 0. The molecule has 0 saturated heterocycles. The molecule has 0 nitrogen and oxygen atoms in total. The van der Waals surface area contributed by atoms with Gasteiger partial charge in [-0.25, -0.2) is 4.39 Å². The van der Waals surface area contributed by atoms with Gasteiger partial charge in [0, 0.05) is 22.3 Å². The van der Waals surface area contributed by atoms with E-state index in [1.807, 2.05) is 36.4 Å². The third-order valence-corrected chi connectivity index (χ3v) is 4.93. The first-order valence-corrected chi connectivity index (χ1v) is 10.7. The lowest BCUT2D eigenvalue weighted by molar-refractivity contribution is 0.603. The van der Waals surface area contributed by atoms with Gasteiger partial charge in [-0.2, -0.15) is 0 Å². The maximum atomic E-state index is 14.2. The van der Waals surface area contributed by atoms with Crippen LogP contribution in [0.2, 0.25) is 0 Å². The van der Waals surface area contributed by atoms with Gasteiger partial charge in [0.2, 0.25) is 0 Å². The quantitative estimate of drug-likeness (QED) is 0.412. The Balaban J connectivity index is 1.65. The molecule has 0 aliphatic rings. The van der Waals surface area contributed by atoms with Gasteiger partial charge >= 0.3 is 0 Å². The van der Waals surface area contributed by atoms with Gasteiger partial charge in [0.25, 0.3) is 0 Å². The molecule has 0 aliphatic heterocycles. The van der Waals surface area contributed by atoms with Crippen LogP contribution in [0.1, 0.15) is 66.5 Å². The van der Waals surface area contributed by atoms with Gasteiger partial charge in [0.05, 0.1) is 0 Å². The number of rotatable bonds is 5. The molecule has 0 radical (unpaired) electrons. The fourth-order valence-electron chi connectivity index (χ4n) is 3.16. The maximum absolute atomic E-state index is 14.2. The lowest BCUT2D eigenvalue weighted by Gasteiger charge is -2.02. The van der Waals surface area contributed by atoms with Crippen molar-refractivity contribution in [2.75, 3.05) is 0 Å². The summed E-state index contributed by atoms with van der Waals surface area (Å²) in [6, 6.07) is 21.6. The van der Waals surface area contributed by atoms with E-state index >= 15 is 0 Å². The molecule has 3 aromatic rings. The van der Waals surface area contributed by atoms with E-state index in [4.69, 9.17) is 0 Å². The van der Waals surface area contributed by atoms with Crippen molar-refractivity contribution in [2.24, 2.45) is 0 Å². The molecule has 0 unspecified atom stereocenters. The van der Waals surface area contributed by atoms with E-state index in [1.54, 1.807) is 0 Å². The number of aryl methyl sites for hydroxylation is 2. The number of unbranched alkanes of at least 4 members (excludes halogenated alkanes) is 1. The summed E-state index contributed by atoms with van der Waals surface area (Å²) in [6.45, 7) is 4.30. The van der Waals surface area contributed by atoms with Crippen molar-refractivity contribution in [3.05, 3.63) is 106 Å². The van der Waals surface area contributed by atoms with E-state index < -0.39 is 0 Å². The molecule has 0 fully saturated rings. The molecule has 150 valence electrons. The summed E-state index contributed by atoms with van der Waals surface area (Å²) in [5.41, 5.74) is 5.67. The molecule has 0 aromatic heterocycles. The minimum absolute atomic E-state index is 0.163. The standard InChI is InChI=1S/C29H27F/c1-3-5-7-28-21-20-27(22-29(28)30)19-18-26-16-14-25(15-17-26)13-12-24-10-8-23(6-4-2)9-11-24/h8-11,14-17,20-22H,3-7H2,1-2H3. The molecule has 0 atom stereocenters. The summed E-state index contributed by atoms with van der Waals surface area (Å²) in [5.74, 6) is 12.4. The van der Waals surface area contributed by atoms with E-state index in [0.29, 0.717) is 5.56 Å². The van der Waals surface area contributed by atoms with Gasteiger partial charge in [-0.05, 0) is 78.9 Å². The highest BCUT2D eigenvalue weighted by Gasteiger charge is 2.02. The highest BCUT2D eigenvalue weighted by atomic mass is 19.1. The van der Waals surface area contributed by atoms with Gasteiger partial charge in [-0.1, -0.05) is 68.6 Å². The fraction of sp³-hybridized carbons (Fsp3) is 0.241. The van der Waals surface area contributed by atoms with Crippen molar-refractivity contribution in [2.45, 2.75) is 46.0 Å². The Morgan fingerprint density at radius 1 is 0.600 bits per heavy atom. The predicted molar refractivity (Wildman–Crippen MR) is 124 cm³/mol. The molecular formula is C29H27F. The molecule has 0 spiro atoms. The van der Waals surface area contributed by atoms with Crippen LogP contribution in [0.5, 0.6) is 0 Å². The lowest BCUT2D eigenvalue weighted by atomic mass is 10.1. The molecule has 0 aliphatic carbocycles. The van der Waals surface area contributed by atoms with Crippen molar-refractivity contribution in [1.82, 2.24) is 0 Å². The highest BCUT2D eigenvalue weighted by Crippen LogP contribution is 2.13. The van der Waals surface area contributed by atoms with Gasteiger partial charge in [-0.15, -0.1) is 0 Å². The van der Waals surface area contributed by atoms with Crippen LogP contribution in [-0.2, 0) is 12.8 Å². The summed E-state index contributed by atoms with van der Waals surface area (Å²) < 4.78 is 14.2. The van der Waals surface area contributed by atoms with Gasteiger partial charge in [0.15, 0.2) is 0 Å². The molecule has 3 rings (SSSR count). The summed E-state index contributed by atoms with van der Waals surface area (Å²) in [4.78, 5) is 0. The van der Waals surface area contributed by atoms with Crippen molar-refractivity contribution < 1.29 is 4.39 Å². The second kappa shape index (κ2) is 11.0. The SMILES string of the molecule is CCCCc1ccc(C#Cc2ccc(C#Cc3ccc(CCC)cc3)cc2)cc1F. The normalized spacial score (nSPS) is 9.97. The van der Waals surface area contributed by atoms with Gasteiger partial charge in [0.1, 0.15) is 5.82 Å². The van der Waals surface area contributed by atoms with E-state index in [9.17, 15) is 4.39 Å². The number of hydrogen-bond acceptors (Lipinski definition) is 0. The van der Waals surface area contributed by atoms with Crippen LogP contribution in [0.25, 0.3) is 0 Å². The molecule has 1 heteroatoms. The first-order chi connectivity index (χ1) is 14.7. The average Bonchev–Trinajstić information content (AvgIpc) is 2.77. The van der Waals surface area contributed by atoms with Crippen LogP contribution in [0.3, 0.4) is 0 Å². The largest absolute Gasteiger partial charge is 0.207 e. The van der Waals surface area contributed by atoms with E-state index in [0.717, 1.165) is 54.4 Å². The lowest BCUT2D eigenvalue weighted by Crippen LogP contribution is -1.91. The molecule has 30 heavy (non-hydrogen) atoms. The number of hydrogen-bond donors (Lipinski definition) is 0. The Hall–Kier alpha value is -3.29. The van der Waals surface area contributed by atoms with Crippen molar-refractivity contribution >= 4 is 0 Å². The molecule has 0 amide bonds. The summed E-state index contributed by atoms with van der Waals surface area (Å²) in [5, 5.41) is 0. The second-order valence-electron chi connectivity index (χ2n) is 7.43. The third kappa shape index (κ3) is 6.37. The zero-order chi connectivity index (χ0) is 21.2. The Bertz CT molecular complexity index is 1080. The van der Waals surface area contributed by atoms with Crippen molar-refractivity contribution in [3.8, 4) is 23.7 Å². The van der Waals surface area contributed by atoms with Crippen LogP contribution in [-0.4, -0.2) is 0 Å². The number of benzene rings is 3. The third-order valence-electron chi connectivity index (χ3n) is 4.93. The fourth-order valence-corrected chi connectivity index (χ4v) is 3.16. The zero-order valence-electron chi connectivity index (χ0n) is 17.8. The van der Waals surface area contributed by atoms with Crippen LogP contribution in [0.15, 0.2) is 66.7 Å². The Kier molecular flexibility index (Phi) is 7.88. The van der Waals surface area contributed by atoms with Crippen LogP contribution in [0.4, 0.5) is 4.39 Å². The van der Waals surface area contributed by atoms with E-state index in [-0.39, 0.29) is 5.82 Å². The Morgan fingerprint density at radius 3 is 1.60 bits per heavy atom. The smallest absolute Gasteiger partial charge is 0.127 e. The molecule has 3 aromatic carbocycles. The molecular weight excluding hydrogens is 367 g/mol. The Morgan fingerprint density at radius 2 is 1.10 bits per heavy atom. The minimum atomic E-state index is -0.163. The highest BCUT2D eigenvalue weighted by molar-refractivity contribution is 5.48. The summed E-state index contributed by atoms with van der Waals surface area (Å²) in [6.07, 6.45) is 5.10. The molecule has 0 saturated carbocycles. The Labute approximate surface area is 180 Å². The topological polar surface area (TPSA) is 0 Å². The van der Waals surface area contributed by atoms with Crippen LogP contribution < -0.4 is 0 Å². The van der Waals surface area contributed by atoms with Crippen LogP contribution >= 0.6 is 0 Å². The average molecular weight is 395 g/mol. The number of halogens is 1. The summed E-state index contributed by atoms with van der Waals surface area (Å²) in [7, 11) is 0. The predicted octanol–water partition coefficient (Wildman–Crippen LogP) is 6.92. The van der Waals surface area contributed by atoms with Crippen LogP contribution in [0, 0.1) is 29.5 Å². The van der Waals surface area contributed by atoms with Gasteiger partial charge < -0.3 is 0 Å². The first-order valence-electron chi connectivity index (χ1n) is 10.7. The van der Waals surface area contributed by atoms with Gasteiger partial charge in [-0.3, -0.25) is 0 Å². The molecule has 0 bridgehead atoms.